The smallest absolute Gasteiger partial charge is 0.150 e. The van der Waals surface area contributed by atoms with Crippen molar-refractivity contribution in [3.63, 3.8) is 0 Å². The third-order valence-corrected chi connectivity index (χ3v) is 11.5. The maximum Gasteiger partial charge on any atom is 0.150 e. The zero-order valence-corrected chi connectivity index (χ0v) is 31.2. The quantitative estimate of drug-likeness (QED) is 0.105. The Labute approximate surface area is 340 Å². The van der Waals surface area contributed by atoms with Crippen LogP contribution in [0.5, 0.6) is 69.0 Å². The number of aliphatic hydroxyl groups excluding tert-OH is 3. The molecule has 0 aromatic heterocycles. The fraction of sp³-hybridized carbons (Fsp3) is 0.200. The molecule has 0 amide bonds. The Bertz CT molecular complexity index is 2630. The predicted octanol–water partition coefficient (Wildman–Crippen LogP) is 5.33. The van der Waals surface area contributed by atoms with Crippen molar-refractivity contribution in [2.75, 3.05) is 0 Å². The molecule has 0 saturated heterocycles. The summed E-state index contributed by atoms with van der Waals surface area (Å²) >= 11 is 0. The van der Waals surface area contributed by atoms with Crippen LogP contribution in [0.4, 0.5) is 0 Å². The molecule has 0 spiro atoms. The van der Waals surface area contributed by atoms with Gasteiger partial charge in [0, 0.05) is 58.5 Å². The van der Waals surface area contributed by atoms with Crippen LogP contribution in [-0.2, 0) is 6.42 Å². The number of phenols is 9. The first-order valence-electron chi connectivity index (χ1n) is 18.8. The van der Waals surface area contributed by atoms with Crippen molar-refractivity contribution in [2.24, 2.45) is 0 Å². The summed E-state index contributed by atoms with van der Waals surface area (Å²) in [4.78, 5) is 0. The molecule has 0 aliphatic carbocycles. The summed E-state index contributed by atoms with van der Waals surface area (Å²) in [5, 5.41) is 135. The lowest BCUT2D eigenvalue weighted by molar-refractivity contribution is -0.00554. The Morgan fingerprint density at radius 2 is 0.783 bits per heavy atom. The molecule has 0 unspecified atom stereocenters. The van der Waals surface area contributed by atoms with Gasteiger partial charge in [0.15, 0.2) is 12.2 Å². The molecule has 0 bridgehead atoms. The van der Waals surface area contributed by atoms with E-state index in [0.29, 0.717) is 11.1 Å². The summed E-state index contributed by atoms with van der Waals surface area (Å²) in [5.41, 5.74) is 0.424. The van der Waals surface area contributed by atoms with Crippen LogP contribution >= 0.6 is 0 Å². The maximum atomic E-state index is 12.5. The molecule has 0 fully saturated rings. The van der Waals surface area contributed by atoms with E-state index in [1.165, 1.54) is 78.9 Å². The standard InChI is InChI=1S/C45H38O15/c46-21-7-1-18(2-8-21)41-31(55)15-25-26(50)16-28(52)34(44(25)59-41)38-36-30(54)17-29(53)35(45(36)60-43(40(38)57)20-5-11-23(48)12-6-20)37-33-27(51)13-24(49)14-32(33)58-42(39(37)56)19-3-9-22(47)10-4-19/h1-14,16-17,31,37-43,46-57H,15H2/t31-,37+,38+,39+,40+,41-,42+,43+/m0/s1. The second-order valence-electron chi connectivity index (χ2n) is 15.2. The van der Waals surface area contributed by atoms with E-state index in [2.05, 4.69) is 0 Å². The molecule has 308 valence electrons. The number of fused-ring (bicyclic) bond motifs is 3. The Hall–Kier alpha value is -7.20. The van der Waals surface area contributed by atoms with Gasteiger partial charge in [-0.3, -0.25) is 0 Å². The fourth-order valence-electron chi connectivity index (χ4n) is 8.78. The first-order valence-corrected chi connectivity index (χ1v) is 18.8. The summed E-state index contributed by atoms with van der Waals surface area (Å²) in [7, 11) is 0. The number of rotatable bonds is 5. The van der Waals surface area contributed by atoms with Gasteiger partial charge in [0.2, 0.25) is 0 Å². The highest BCUT2D eigenvalue weighted by Gasteiger charge is 2.50. The van der Waals surface area contributed by atoms with Crippen molar-refractivity contribution < 1.29 is 75.5 Å². The minimum atomic E-state index is -1.71. The summed E-state index contributed by atoms with van der Waals surface area (Å²) in [5.74, 6) is -7.04. The van der Waals surface area contributed by atoms with Gasteiger partial charge in [0.25, 0.3) is 0 Å². The maximum absolute atomic E-state index is 12.5. The van der Waals surface area contributed by atoms with Crippen molar-refractivity contribution in [1.29, 1.82) is 0 Å². The molecule has 8 atom stereocenters. The van der Waals surface area contributed by atoms with Crippen molar-refractivity contribution in [1.82, 2.24) is 0 Å². The van der Waals surface area contributed by atoms with E-state index in [1.807, 2.05) is 0 Å². The summed E-state index contributed by atoms with van der Waals surface area (Å²) in [6.45, 7) is 0. The predicted molar refractivity (Wildman–Crippen MR) is 209 cm³/mol. The van der Waals surface area contributed by atoms with Gasteiger partial charge in [-0.25, -0.2) is 0 Å². The number of aliphatic hydroxyl groups is 3. The second-order valence-corrected chi connectivity index (χ2v) is 15.2. The molecular weight excluding hydrogens is 780 g/mol. The molecular formula is C45H38O15. The van der Waals surface area contributed by atoms with Gasteiger partial charge in [-0.05, 0) is 53.1 Å². The van der Waals surface area contributed by atoms with Crippen molar-refractivity contribution in [3.8, 4) is 69.0 Å². The molecule has 9 rings (SSSR count). The molecule has 6 aromatic carbocycles. The molecule has 6 aromatic rings. The van der Waals surface area contributed by atoms with E-state index in [-0.39, 0.29) is 74.3 Å². The van der Waals surface area contributed by atoms with Crippen LogP contribution in [0, 0.1) is 0 Å². The Kier molecular flexibility index (Phi) is 9.11. The molecule has 12 N–H and O–H groups in total. The monoisotopic (exact) mass is 818 g/mol. The molecule has 15 nitrogen and oxygen atoms in total. The summed E-state index contributed by atoms with van der Waals surface area (Å²) in [6.07, 6.45) is -8.59. The van der Waals surface area contributed by atoms with Gasteiger partial charge in [-0.1, -0.05) is 36.4 Å². The molecule has 3 aliphatic rings. The minimum absolute atomic E-state index is 0.0473. The Morgan fingerprint density at radius 1 is 0.383 bits per heavy atom. The van der Waals surface area contributed by atoms with E-state index < -0.39 is 83.0 Å². The SMILES string of the molecule is Oc1ccc([C@H]2Oc3c(c(O)cc(O)c3[C@H]3c4c(O)cc(O)cc4O[C@H](c4ccc(O)cc4)[C@@H]3O)[C@@H](c3c(O)cc(O)c4c3O[C@@H](c3ccc(O)cc3)[C@@H](O)C4)[C@H]2O)cc1. The van der Waals surface area contributed by atoms with Gasteiger partial charge in [-0.2, -0.15) is 0 Å². The number of phenolic OH excluding ortho intramolecular Hbond substituents is 9. The van der Waals surface area contributed by atoms with Gasteiger partial charge < -0.3 is 75.5 Å². The lowest BCUT2D eigenvalue weighted by Crippen LogP contribution is -2.39. The first kappa shape index (κ1) is 38.3. The Morgan fingerprint density at radius 3 is 1.30 bits per heavy atom. The molecule has 3 heterocycles. The number of hydrogen-bond donors (Lipinski definition) is 12. The molecule has 60 heavy (non-hydrogen) atoms. The van der Waals surface area contributed by atoms with Crippen LogP contribution in [0.25, 0.3) is 0 Å². The highest BCUT2D eigenvalue weighted by Crippen LogP contribution is 2.62. The van der Waals surface area contributed by atoms with Gasteiger partial charge in [0.05, 0.1) is 17.9 Å². The van der Waals surface area contributed by atoms with Gasteiger partial charge in [-0.15, -0.1) is 0 Å². The van der Waals surface area contributed by atoms with E-state index >= 15 is 0 Å². The largest absolute Gasteiger partial charge is 0.508 e. The van der Waals surface area contributed by atoms with Crippen molar-refractivity contribution >= 4 is 0 Å². The van der Waals surface area contributed by atoms with Gasteiger partial charge >= 0.3 is 0 Å². The first-order chi connectivity index (χ1) is 28.7. The second kappa shape index (κ2) is 14.3. The fourth-order valence-corrected chi connectivity index (χ4v) is 8.78. The average molecular weight is 819 g/mol. The van der Waals surface area contributed by atoms with Crippen LogP contribution in [-0.4, -0.2) is 79.6 Å². The van der Waals surface area contributed by atoms with E-state index in [9.17, 15) is 61.3 Å². The number of ether oxygens (including phenoxy) is 3. The number of hydrogen-bond acceptors (Lipinski definition) is 15. The topological polar surface area (TPSA) is 270 Å². The van der Waals surface area contributed by atoms with E-state index in [4.69, 9.17) is 14.2 Å². The zero-order valence-electron chi connectivity index (χ0n) is 31.2. The normalized spacial score (nSPS) is 24.2. The van der Waals surface area contributed by atoms with Crippen molar-refractivity contribution in [3.05, 3.63) is 142 Å². The van der Waals surface area contributed by atoms with E-state index in [0.717, 1.165) is 18.2 Å². The number of aromatic hydroxyl groups is 9. The van der Waals surface area contributed by atoms with Crippen LogP contribution in [0.15, 0.2) is 97.1 Å². The van der Waals surface area contributed by atoms with Crippen LogP contribution in [0.1, 0.15) is 74.7 Å². The highest BCUT2D eigenvalue weighted by atomic mass is 16.5. The molecule has 15 heteroatoms. The molecule has 3 aliphatic heterocycles. The Balaban J connectivity index is 1.30. The third kappa shape index (κ3) is 6.18. The summed E-state index contributed by atoms with van der Waals surface area (Å²) in [6, 6.07) is 21.3. The van der Waals surface area contributed by atoms with Crippen LogP contribution in [0.2, 0.25) is 0 Å². The van der Waals surface area contributed by atoms with Gasteiger partial charge in [0.1, 0.15) is 87.3 Å². The lowest BCUT2D eigenvalue weighted by atomic mass is 9.73. The molecule has 0 radical (unpaired) electrons. The lowest BCUT2D eigenvalue weighted by Gasteiger charge is -2.43. The minimum Gasteiger partial charge on any atom is -0.508 e. The average Bonchev–Trinajstić information content (AvgIpc) is 3.20. The zero-order chi connectivity index (χ0) is 42.3. The third-order valence-electron chi connectivity index (χ3n) is 11.5. The van der Waals surface area contributed by atoms with Crippen LogP contribution in [0.3, 0.4) is 0 Å². The number of benzene rings is 6. The highest BCUT2D eigenvalue weighted by molar-refractivity contribution is 5.70. The van der Waals surface area contributed by atoms with E-state index in [1.54, 1.807) is 0 Å². The van der Waals surface area contributed by atoms with Crippen molar-refractivity contribution in [2.45, 2.75) is 54.9 Å². The summed E-state index contributed by atoms with van der Waals surface area (Å²) < 4.78 is 19.1. The molecule has 0 saturated carbocycles. The van der Waals surface area contributed by atoms with Crippen LogP contribution < -0.4 is 14.2 Å².